The van der Waals surface area contributed by atoms with Gasteiger partial charge in [-0.05, 0) is 38.0 Å². The molecule has 2 N–H and O–H groups in total. The van der Waals surface area contributed by atoms with Crippen molar-refractivity contribution in [3.05, 3.63) is 0 Å². The third-order valence-corrected chi connectivity index (χ3v) is 3.76. The van der Waals surface area contributed by atoms with Crippen LogP contribution >= 0.6 is 0 Å². The van der Waals surface area contributed by atoms with Crippen LogP contribution in [0.15, 0.2) is 0 Å². The Bertz CT molecular complexity index is 161. The molecule has 0 unspecified atom stereocenters. The van der Waals surface area contributed by atoms with E-state index in [0.29, 0.717) is 6.04 Å². The summed E-state index contributed by atoms with van der Waals surface area (Å²) in [5.74, 6) is 0.965. The summed E-state index contributed by atoms with van der Waals surface area (Å²) < 4.78 is 0. The van der Waals surface area contributed by atoms with Crippen molar-refractivity contribution in [3.8, 4) is 0 Å². The van der Waals surface area contributed by atoms with Gasteiger partial charge in [-0.25, -0.2) is 0 Å². The Morgan fingerprint density at radius 2 is 1.77 bits per heavy atom. The Morgan fingerprint density at radius 3 is 2.31 bits per heavy atom. The lowest BCUT2D eigenvalue weighted by Gasteiger charge is -2.33. The second-order valence-corrected chi connectivity index (χ2v) is 4.96. The van der Waals surface area contributed by atoms with Crippen LogP contribution in [0.1, 0.15) is 39.0 Å². The van der Waals surface area contributed by atoms with Crippen molar-refractivity contribution in [2.45, 2.75) is 51.1 Å². The number of hydrogen-bond acceptors (Lipinski definition) is 2. The van der Waals surface area contributed by atoms with E-state index in [1.54, 1.807) is 0 Å². The maximum Gasteiger partial charge on any atom is 0.0180 e. The molecule has 1 heterocycles. The summed E-state index contributed by atoms with van der Waals surface area (Å²) in [4.78, 5) is 2.62. The van der Waals surface area contributed by atoms with Crippen molar-refractivity contribution < 1.29 is 0 Å². The highest BCUT2D eigenvalue weighted by Gasteiger charge is 2.28. The lowest BCUT2D eigenvalue weighted by atomic mass is 9.87. The van der Waals surface area contributed by atoms with Crippen LogP contribution in [0.25, 0.3) is 0 Å². The molecule has 0 amide bonds. The smallest absolute Gasteiger partial charge is 0.0180 e. The quantitative estimate of drug-likeness (QED) is 0.667. The van der Waals surface area contributed by atoms with Gasteiger partial charge in [0.1, 0.15) is 0 Å². The van der Waals surface area contributed by atoms with Crippen LogP contribution < -0.4 is 5.73 Å². The van der Waals surface area contributed by atoms with E-state index in [2.05, 4.69) is 11.8 Å². The Hall–Kier alpha value is -0.0800. The highest BCUT2D eigenvalue weighted by atomic mass is 15.2. The Kier molecular flexibility index (Phi) is 2.89. The molecule has 0 aromatic carbocycles. The van der Waals surface area contributed by atoms with Gasteiger partial charge in [-0.15, -0.1) is 0 Å². The maximum absolute atomic E-state index is 5.92. The number of rotatable bonds is 1. The standard InChI is InChI=1S/C11H22N2/c1-9-2-4-11(5-3-9)13-7-6-10(12)8-13/h9-11H,2-8,12H2,1H3/t9?,10-,11?/m0/s1. The first-order chi connectivity index (χ1) is 6.25. The molecular formula is C11H22N2. The van der Waals surface area contributed by atoms with E-state index in [1.807, 2.05) is 0 Å². The summed E-state index contributed by atoms with van der Waals surface area (Å²) in [5.41, 5.74) is 5.92. The van der Waals surface area contributed by atoms with Crippen molar-refractivity contribution in [3.63, 3.8) is 0 Å². The molecular weight excluding hydrogens is 160 g/mol. The van der Waals surface area contributed by atoms with Gasteiger partial charge in [0, 0.05) is 25.2 Å². The molecule has 1 aliphatic carbocycles. The molecule has 0 aromatic heterocycles. The molecule has 0 spiro atoms. The van der Waals surface area contributed by atoms with E-state index >= 15 is 0 Å². The lowest BCUT2D eigenvalue weighted by molar-refractivity contribution is 0.168. The first kappa shape index (κ1) is 9.47. The summed E-state index contributed by atoms with van der Waals surface area (Å²) >= 11 is 0. The zero-order valence-corrected chi connectivity index (χ0v) is 8.71. The predicted octanol–water partition coefficient (Wildman–Crippen LogP) is 1.60. The average molecular weight is 182 g/mol. The molecule has 0 radical (unpaired) electrons. The maximum atomic E-state index is 5.92. The van der Waals surface area contributed by atoms with E-state index in [9.17, 15) is 0 Å². The molecule has 76 valence electrons. The third kappa shape index (κ3) is 2.23. The van der Waals surface area contributed by atoms with Crippen LogP contribution in [0.4, 0.5) is 0 Å². The normalized spacial score (nSPS) is 42.5. The molecule has 2 fully saturated rings. The Morgan fingerprint density at radius 1 is 1.08 bits per heavy atom. The SMILES string of the molecule is CC1CCC(N2CC[C@H](N)C2)CC1. The van der Waals surface area contributed by atoms with Gasteiger partial charge in [0.25, 0.3) is 0 Å². The molecule has 13 heavy (non-hydrogen) atoms. The monoisotopic (exact) mass is 182 g/mol. The zero-order valence-electron chi connectivity index (χ0n) is 8.71. The van der Waals surface area contributed by atoms with Crippen molar-refractivity contribution in [2.75, 3.05) is 13.1 Å². The lowest BCUT2D eigenvalue weighted by Crippen LogP contribution is -2.37. The third-order valence-electron chi connectivity index (χ3n) is 3.76. The van der Waals surface area contributed by atoms with E-state index in [4.69, 9.17) is 5.73 Å². The van der Waals surface area contributed by atoms with E-state index in [-0.39, 0.29) is 0 Å². The van der Waals surface area contributed by atoms with E-state index in [0.717, 1.165) is 18.5 Å². The van der Waals surface area contributed by atoms with Gasteiger partial charge in [0.2, 0.25) is 0 Å². The minimum Gasteiger partial charge on any atom is -0.326 e. The number of nitrogens with two attached hydrogens (primary N) is 1. The van der Waals surface area contributed by atoms with E-state index in [1.165, 1.54) is 38.6 Å². The number of likely N-dealkylation sites (tertiary alicyclic amines) is 1. The van der Waals surface area contributed by atoms with Crippen molar-refractivity contribution in [2.24, 2.45) is 11.7 Å². The molecule has 1 saturated heterocycles. The van der Waals surface area contributed by atoms with Gasteiger partial charge in [-0.2, -0.15) is 0 Å². The van der Waals surface area contributed by atoms with E-state index < -0.39 is 0 Å². The molecule has 2 nitrogen and oxygen atoms in total. The van der Waals surface area contributed by atoms with Crippen molar-refractivity contribution in [1.29, 1.82) is 0 Å². The summed E-state index contributed by atoms with van der Waals surface area (Å²) in [6.07, 6.45) is 6.89. The molecule has 2 rings (SSSR count). The molecule has 2 aliphatic rings. The van der Waals surface area contributed by atoms with Gasteiger partial charge >= 0.3 is 0 Å². The fourth-order valence-electron chi connectivity index (χ4n) is 2.75. The molecule has 1 saturated carbocycles. The van der Waals surface area contributed by atoms with Crippen LogP contribution in [0.5, 0.6) is 0 Å². The fourth-order valence-corrected chi connectivity index (χ4v) is 2.75. The average Bonchev–Trinajstić information content (AvgIpc) is 2.53. The molecule has 0 bridgehead atoms. The molecule has 1 aliphatic heterocycles. The van der Waals surface area contributed by atoms with Gasteiger partial charge in [-0.3, -0.25) is 4.90 Å². The summed E-state index contributed by atoms with van der Waals surface area (Å²) in [5, 5.41) is 0. The summed E-state index contributed by atoms with van der Waals surface area (Å²) in [7, 11) is 0. The molecule has 2 heteroatoms. The van der Waals surface area contributed by atoms with Crippen LogP contribution in [-0.4, -0.2) is 30.1 Å². The summed E-state index contributed by atoms with van der Waals surface area (Å²) in [6.45, 7) is 4.78. The van der Waals surface area contributed by atoms with Crippen LogP contribution in [0.2, 0.25) is 0 Å². The number of hydrogen-bond donors (Lipinski definition) is 1. The second-order valence-electron chi connectivity index (χ2n) is 4.96. The molecule has 0 aromatic rings. The Balaban J connectivity index is 1.81. The second kappa shape index (κ2) is 3.97. The van der Waals surface area contributed by atoms with Gasteiger partial charge in [-0.1, -0.05) is 6.92 Å². The minimum atomic E-state index is 0.458. The first-order valence-corrected chi connectivity index (χ1v) is 5.75. The largest absolute Gasteiger partial charge is 0.326 e. The van der Waals surface area contributed by atoms with Gasteiger partial charge in [0.05, 0.1) is 0 Å². The van der Waals surface area contributed by atoms with Crippen molar-refractivity contribution in [1.82, 2.24) is 4.90 Å². The minimum absolute atomic E-state index is 0.458. The van der Waals surface area contributed by atoms with Crippen molar-refractivity contribution >= 4 is 0 Å². The van der Waals surface area contributed by atoms with Crippen LogP contribution in [-0.2, 0) is 0 Å². The Labute approximate surface area is 81.5 Å². The number of nitrogens with zero attached hydrogens (tertiary/aromatic N) is 1. The molecule has 1 atom stereocenters. The zero-order chi connectivity index (χ0) is 9.26. The van der Waals surface area contributed by atoms with Gasteiger partial charge in [0.15, 0.2) is 0 Å². The van der Waals surface area contributed by atoms with Crippen LogP contribution in [0, 0.1) is 5.92 Å². The first-order valence-electron chi connectivity index (χ1n) is 5.75. The topological polar surface area (TPSA) is 29.3 Å². The van der Waals surface area contributed by atoms with Gasteiger partial charge < -0.3 is 5.73 Å². The highest BCUT2D eigenvalue weighted by Crippen LogP contribution is 2.28. The van der Waals surface area contributed by atoms with Crippen LogP contribution in [0.3, 0.4) is 0 Å². The fraction of sp³-hybridized carbons (Fsp3) is 1.00. The summed E-state index contributed by atoms with van der Waals surface area (Å²) in [6, 6.07) is 1.32. The predicted molar refractivity (Wildman–Crippen MR) is 55.6 cm³/mol. The highest BCUT2D eigenvalue weighted by molar-refractivity contribution is 4.85.